The second-order valence-corrected chi connectivity index (χ2v) is 7.74. The van der Waals surface area contributed by atoms with E-state index in [9.17, 15) is 9.59 Å². The van der Waals surface area contributed by atoms with Gasteiger partial charge in [0.15, 0.2) is 0 Å². The van der Waals surface area contributed by atoms with Gasteiger partial charge in [-0.25, -0.2) is 0 Å². The van der Waals surface area contributed by atoms with Crippen molar-refractivity contribution in [1.29, 1.82) is 0 Å². The Labute approximate surface area is 191 Å². The van der Waals surface area contributed by atoms with Crippen LogP contribution in [0.3, 0.4) is 0 Å². The molecule has 4 rings (SSSR count). The van der Waals surface area contributed by atoms with Gasteiger partial charge in [-0.15, -0.1) is 10.2 Å². The topological polar surface area (TPSA) is 97.1 Å². The van der Waals surface area contributed by atoms with Crippen LogP contribution < -0.4 is 10.6 Å². The lowest BCUT2D eigenvalue weighted by atomic mass is 10.1. The normalized spacial score (nSPS) is 10.6. The van der Waals surface area contributed by atoms with Crippen molar-refractivity contribution in [2.45, 2.75) is 27.2 Å². The Bertz CT molecular complexity index is 1310. The predicted molar refractivity (Wildman–Crippen MR) is 128 cm³/mol. The Hall–Kier alpha value is -4.26. The van der Waals surface area contributed by atoms with Gasteiger partial charge in [-0.2, -0.15) is 0 Å². The van der Waals surface area contributed by atoms with Crippen molar-refractivity contribution in [2.24, 2.45) is 0 Å². The molecule has 0 atom stereocenters. The summed E-state index contributed by atoms with van der Waals surface area (Å²) >= 11 is 0. The summed E-state index contributed by atoms with van der Waals surface area (Å²) in [6.07, 6.45) is 0.383. The molecule has 0 unspecified atom stereocenters. The van der Waals surface area contributed by atoms with Crippen molar-refractivity contribution < 1.29 is 14.0 Å². The molecule has 0 aliphatic carbocycles. The molecule has 4 aromatic rings. The minimum Gasteiger partial charge on any atom is -0.416 e. The van der Waals surface area contributed by atoms with Gasteiger partial charge in [-0.3, -0.25) is 9.59 Å². The number of anilines is 2. The first kappa shape index (κ1) is 22.0. The van der Waals surface area contributed by atoms with Crippen molar-refractivity contribution >= 4 is 23.2 Å². The quantitative estimate of drug-likeness (QED) is 0.405. The van der Waals surface area contributed by atoms with Gasteiger partial charge >= 0.3 is 0 Å². The highest BCUT2D eigenvalue weighted by atomic mass is 16.4. The summed E-state index contributed by atoms with van der Waals surface area (Å²) in [6, 6.07) is 20.2. The summed E-state index contributed by atoms with van der Waals surface area (Å²) in [5.74, 6) is 0.489. The van der Waals surface area contributed by atoms with E-state index in [-0.39, 0.29) is 11.8 Å². The molecule has 0 bridgehead atoms. The summed E-state index contributed by atoms with van der Waals surface area (Å²) in [5, 5.41) is 14.0. The van der Waals surface area contributed by atoms with E-state index in [1.807, 2.05) is 50.2 Å². The molecule has 3 aromatic carbocycles. The minimum absolute atomic E-state index is 0.0849. The molecular weight excluding hydrogens is 416 g/mol. The Kier molecular flexibility index (Phi) is 6.31. The lowest BCUT2D eigenvalue weighted by Crippen LogP contribution is -2.14. The molecule has 7 heteroatoms. The van der Waals surface area contributed by atoms with Crippen molar-refractivity contribution in [1.82, 2.24) is 10.2 Å². The third kappa shape index (κ3) is 5.15. The summed E-state index contributed by atoms with van der Waals surface area (Å²) in [4.78, 5) is 24.4. The molecular formula is C26H24N4O3. The fourth-order valence-corrected chi connectivity index (χ4v) is 3.28. The maximum absolute atomic E-state index is 12.8. The average molecular weight is 441 g/mol. The van der Waals surface area contributed by atoms with E-state index < -0.39 is 0 Å². The molecule has 0 radical (unpaired) electrons. The molecule has 0 aliphatic heterocycles. The second-order valence-electron chi connectivity index (χ2n) is 7.74. The summed E-state index contributed by atoms with van der Waals surface area (Å²) in [6.45, 7) is 5.68. The summed E-state index contributed by atoms with van der Waals surface area (Å²) in [7, 11) is 0. The summed E-state index contributed by atoms with van der Waals surface area (Å²) in [5.41, 5.74) is 5.34. The monoisotopic (exact) mass is 440 g/mol. The molecule has 33 heavy (non-hydrogen) atoms. The zero-order valence-electron chi connectivity index (χ0n) is 18.7. The lowest BCUT2D eigenvalue weighted by molar-refractivity contribution is -0.115. The van der Waals surface area contributed by atoms with Crippen molar-refractivity contribution in [3.8, 4) is 22.9 Å². The summed E-state index contributed by atoms with van der Waals surface area (Å²) < 4.78 is 5.82. The van der Waals surface area contributed by atoms with Gasteiger partial charge in [-0.1, -0.05) is 30.7 Å². The highest BCUT2D eigenvalue weighted by Crippen LogP contribution is 2.25. The largest absolute Gasteiger partial charge is 0.416 e. The number of hydrogen-bond donors (Lipinski definition) is 2. The average Bonchev–Trinajstić information content (AvgIpc) is 3.31. The van der Waals surface area contributed by atoms with Crippen LogP contribution in [0, 0.1) is 13.8 Å². The van der Waals surface area contributed by atoms with E-state index in [0.717, 1.165) is 22.3 Å². The van der Waals surface area contributed by atoms with Gasteiger partial charge in [0.05, 0.1) is 0 Å². The first-order chi connectivity index (χ1) is 15.9. The Balaban J connectivity index is 1.48. The highest BCUT2D eigenvalue weighted by molar-refractivity contribution is 6.05. The van der Waals surface area contributed by atoms with E-state index in [0.29, 0.717) is 35.1 Å². The number of aryl methyl sites for hydroxylation is 2. The zero-order valence-corrected chi connectivity index (χ0v) is 18.7. The van der Waals surface area contributed by atoms with Gasteiger partial charge in [-0.05, 0) is 67.9 Å². The number of nitrogens with zero attached hydrogens (tertiary/aromatic N) is 2. The minimum atomic E-state index is -0.255. The number of hydrogen-bond acceptors (Lipinski definition) is 5. The van der Waals surface area contributed by atoms with E-state index in [4.69, 9.17) is 4.42 Å². The first-order valence-corrected chi connectivity index (χ1v) is 10.7. The molecule has 0 saturated heterocycles. The Morgan fingerprint density at radius 1 is 0.848 bits per heavy atom. The number of aromatic nitrogens is 2. The molecule has 7 nitrogen and oxygen atoms in total. The fourth-order valence-electron chi connectivity index (χ4n) is 3.28. The van der Waals surface area contributed by atoms with Crippen LogP contribution in [0.15, 0.2) is 71.1 Å². The van der Waals surface area contributed by atoms with Crippen LogP contribution in [0.2, 0.25) is 0 Å². The standard InChI is InChI=1S/C26H24N4O3/c1-4-23(31)27-21-13-8-17(3)22(15-21)28-24(32)18-9-11-19(12-10-18)25-29-30-26(33-25)20-7-5-6-16(2)14-20/h5-15H,4H2,1-3H3,(H,27,31)(H,28,32). The van der Waals surface area contributed by atoms with E-state index in [1.165, 1.54) is 0 Å². The van der Waals surface area contributed by atoms with Crippen molar-refractivity contribution in [2.75, 3.05) is 10.6 Å². The van der Waals surface area contributed by atoms with Gasteiger partial charge < -0.3 is 15.1 Å². The third-order valence-electron chi connectivity index (χ3n) is 5.17. The van der Waals surface area contributed by atoms with Crippen LogP contribution in [0.5, 0.6) is 0 Å². The lowest BCUT2D eigenvalue weighted by Gasteiger charge is -2.11. The van der Waals surface area contributed by atoms with Gasteiger partial charge in [0, 0.05) is 34.5 Å². The third-order valence-corrected chi connectivity index (χ3v) is 5.17. The number of amides is 2. The number of benzene rings is 3. The Morgan fingerprint density at radius 2 is 1.58 bits per heavy atom. The fraction of sp³-hybridized carbons (Fsp3) is 0.154. The molecule has 166 valence electrons. The first-order valence-electron chi connectivity index (χ1n) is 10.7. The zero-order chi connectivity index (χ0) is 23.4. The maximum atomic E-state index is 12.8. The van der Waals surface area contributed by atoms with E-state index in [1.54, 1.807) is 37.3 Å². The van der Waals surface area contributed by atoms with Crippen LogP contribution in [0.1, 0.15) is 34.8 Å². The second kappa shape index (κ2) is 9.48. The maximum Gasteiger partial charge on any atom is 0.255 e. The van der Waals surface area contributed by atoms with Crippen molar-refractivity contribution in [3.63, 3.8) is 0 Å². The molecule has 0 saturated carbocycles. The number of carbonyl (C=O) groups is 2. The van der Waals surface area contributed by atoms with Crippen LogP contribution in [0.25, 0.3) is 22.9 Å². The van der Waals surface area contributed by atoms with Crippen molar-refractivity contribution in [3.05, 3.63) is 83.4 Å². The molecule has 0 fully saturated rings. The molecule has 0 spiro atoms. The molecule has 2 amide bonds. The smallest absolute Gasteiger partial charge is 0.255 e. The number of rotatable bonds is 6. The molecule has 1 aromatic heterocycles. The Morgan fingerprint density at radius 3 is 2.27 bits per heavy atom. The van der Waals surface area contributed by atoms with Crippen LogP contribution in [0.4, 0.5) is 11.4 Å². The van der Waals surface area contributed by atoms with Gasteiger partial charge in [0.25, 0.3) is 5.91 Å². The number of carbonyl (C=O) groups excluding carboxylic acids is 2. The highest BCUT2D eigenvalue weighted by Gasteiger charge is 2.13. The van der Waals surface area contributed by atoms with E-state index in [2.05, 4.69) is 20.8 Å². The van der Waals surface area contributed by atoms with Gasteiger partial charge in [0.2, 0.25) is 17.7 Å². The van der Waals surface area contributed by atoms with Crippen LogP contribution >= 0.6 is 0 Å². The van der Waals surface area contributed by atoms with Gasteiger partial charge in [0.1, 0.15) is 0 Å². The van der Waals surface area contributed by atoms with E-state index >= 15 is 0 Å². The SMILES string of the molecule is CCC(=O)Nc1ccc(C)c(NC(=O)c2ccc(-c3nnc(-c4cccc(C)c4)o3)cc2)c1. The molecule has 1 heterocycles. The molecule has 2 N–H and O–H groups in total. The predicted octanol–water partition coefficient (Wildman–Crippen LogP) is 5.62. The molecule has 0 aliphatic rings. The number of nitrogens with one attached hydrogen (secondary N) is 2. The van der Waals surface area contributed by atoms with Crippen LogP contribution in [-0.2, 0) is 4.79 Å². The van der Waals surface area contributed by atoms with Crippen LogP contribution in [-0.4, -0.2) is 22.0 Å².